The lowest BCUT2D eigenvalue weighted by molar-refractivity contribution is -0.118. The summed E-state index contributed by atoms with van der Waals surface area (Å²) in [6.45, 7) is 5.61. The third kappa shape index (κ3) is 3.54. The molecule has 1 heterocycles. The highest BCUT2D eigenvalue weighted by Crippen LogP contribution is 2.33. The molecule has 1 aliphatic rings. The molecule has 0 aromatic heterocycles. The Hall–Kier alpha value is -1.60. The average Bonchev–Trinajstić information content (AvgIpc) is 2.47. The number of nitrogens with zero attached hydrogens (tertiary/aromatic N) is 1. The molecule has 2 rings (SSSR count). The molecular weight excluding hydrogens is 292 g/mol. The number of nitrogens with one attached hydrogen (secondary N) is 1. The second-order valence-corrected chi connectivity index (χ2v) is 7.72. The molecular formula is C14H20N2O4S. The van der Waals surface area contributed by atoms with Crippen molar-refractivity contribution in [3.8, 4) is 5.75 Å². The van der Waals surface area contributed by atoms with Crippen LogP contribution in [0, 0.1) is 0 Å². The van der Waals surface area contributed by atoms with Gasteiger partial charge in [-0.1, -0.05) is 0 Å². The number of amides is 1. The van der Waals surface area contributed by atoms with Gasteiger partial charge in [0.2, 0.25) is 15.9 Å². The minimum Gasteiger partial charge on any atom is -0.491 e. The van der Waals surface area contributed by atoms with Crippen LogP contribution < -0.4 is 14.4 Å². The lowest BCUT2D eigenvalue weighted by Crippen LogP contribution is -2.40. The van der Waals surface area contributed by atoms with Gasteiger partial charge in [0, 0.05) is 12.6 Å². The molecule has 0 unspecified atom stereocenters. The molecule has 21 heavy (non-hydrogen) atoms. The van der Waals surface area contributed by atoms with Gasteiger partial charge in [0.1, 0.15) is 5.75 Å². The number of ether oxygens (including phenoxy) is 1. The minimum absolute atomic E-state index is 0.105. The van der Waals surface area contributed by atoms with E-state index in [9.17, 15) is 13.2 Å². The fourth-order valence-electron chi connectivity index (χ4n) is 2.06. The Labute approximate surface area is 125 Å². The van der Waals surface area contributed by atoms with Crippen molar-refractivity contribution in [2.45, 2.75) is 37.6 Å². The van der Waals surface area contributed by atoms with Crippen molar-refractivity contribution in [2.75, 3.05) is 18.6 Å². The largest absolute Gasteiger partial charge is 0.491 e. The summed E-state index contributed by atoms with van der Waals surface area (Å²) in [6, 6.07) is 4.53. The zero-order valence-electron chi connectivity index (χ0n) is 12.6. The molecule has 116 valence electrons. The highest BCUT2D eigenvalue weighted by molar-refractivity contribution is 7.89. The van der Waals surface area contributed by atoms with Crippen molar-refractivity contribution in [3.05, 3.63) is 18.2 Å². The van der Waals surface area contributed by atoms with Crippen LogP contribution in [0.4, 0.5) is 5.69 Å². The Kier molecular flexibility index (Phi) is 3.99. The number of hydrogen-bond donors (Lipinski definition) is 1. The van der Waals surface area contributed by atoms with Crippen LogP contribution in [0.2, 0.25) is 0 Å². The van der Waals surface area contributed by atoms with Gasteiger partial charge < -0.3 is 9.64 Å². The molecule has 1 amide bonds. The average molecular weight is 312 g/mol. The fraction of sp³-hybridized carbons (Fsp3) is 0.500. The zero-order chi connectivity index (χ0) is 15.8. The first-order chi connectivity index (χ1) is 9.60. The van der Waals surface area contributed by atoms with E-state index in [1.54, 1.807) is 33.9 Å². The molecule has 0 radical (unpaired) electrons. The third-order valence-electron chi connectivity index (χ3n) is 2.99. The van der Waals surface area contributed by atoms with E-state index < -0.39 is 15.6 Å². The lowest BCUT2D eigenvalue weighted by atomic mass is 10.1. The van der Waals surface area contributed by atoms with E-state index in [2.05, 4.69) is 4.72 Å². The molecule has 0 spiro atoms. The molecule has 1 aromatic rings. The maximum absolute atomic E-state index is 12.4. The van der Waals surface area contributed by atoms with Gasteiger partial charge in [-0.25, -0.2) is 13.1 Å². The van der Waals surface area contributed by atoms with E-state index in [0.29, 0.717) is 18.0 Å². The molecule has 1 aromatic carbocycles. The smallest absolute Gasteiger partial charge is 0.241 e. The van der Waals surface area contributed by atoms with Crippen LogP contribution in [0.1, 0.15) is 27.2 Å². The normalized spacial score (nSPS) is 16.2. The second kappa shape index (κ2) is 5.31. The van der Waals surface area contributed by atoms with Gasteiger partial charge in [0.05, 0.1) is 23.6 Å². The van der Waals surface area contributed by atoms with Crippen LogP contribution in [0.15, 0.2) is 23.1 Å². The summed E-state index contributed by atoms with van der Waals surface area (Å²) in [4.78, 5) is 13.4. The second-order valence-electron chi connectivity index (χ2n) is 6.04. The summed E-state index contributed by atoms with van der Waals surface area (Å²) in [5, 5.41) is 0. The SMILES string of the molecule is CN1C(=O)CCOc2ccc(S(=O)(=O)NC(C)(C)C)cc21. The van der Waals surface area contributed by atoms with Gasteiger partial charge in [-0.05, 0) is 39.0 Å². The van der Waals surface area contributed by atoms with Gasteiger partial charge >= 0.3 is 0 Å². The molecule has 0 saturated heterocycles. The molecule has 0 atom stereocenters. The van der Waals surface area contributed by atoms with Gasteiger partial charge in [-0.15, -0.1) is 0 Å². The number of hydrogen-bond acceptors (Lipinski definition) is 4. The van der Waals surface area contributed by atoms with Crippen molar-refractivity contribution >= 4 is 21.6 Å². The first kappa shape index (κ1) is 15.8. The highest BCUT2D eigenvalue weighted by atomic mass is 32.2. The number of fused-ring (bicyclic) bond motifs is 1. The summed E-state index contributed by atoms with van der Waals surface area (Å²) < 4.78 is 32.8. The van der Waals surface area contributed by atoms with Gasteiger partial charge in [0.25, 0.3) is 0 Å². The summed E-state index contributed by atoms with van der Waals surface area (Å²) >= 11 is 0. The summed E-state index contributed by atoms with van der Waals surface area (Å²) in [5.74, 6) is 0.408. The molecule has 0 aliphatic carbocycles. The third-order valence-corrected chi connectivity index (χ3v) is 4.75. The summed E-state index contributed by atoms with van der Waals surface area (Å²) in [6.07, 6.45) is 0.271. The van der Waals surface area contributed by atoms with Crippen molar-refractivity contribution < 1.29 is 17.9 Å². The Bertz CT molecular complexity index is 662. The Morgan fingerprint density at radius 3 is 2.57 bits per heavy atom. The standard InChI is InChI=1S/C14H20N2O4S/c1-14(2,3)15-21(18,19)10-5-6-12-11(9-10)16(4)13(17)7-8-20-12/h5-6,9,15H,7-8H2,1-4H3. The molecule has 0 fully saturated rings. The van der Waals surface area contributed by atoms with E-state index in [0.717, 1.165) is 0 Å². The lowest BCUT2D eigenvalue weighted by Gasteiger charge is -2.22. The summed E-state index contributed by atoms with van der Waals surface area (Å²) in [5.41, 5.74) is -0.113. The van der Waals surface area contributed by atoms with E-state index in [-0.39, 0.29) is 17.2 Å². The van der Waals surface area contributed by atoms with Crippen LogP contribution in [0.3, 0.4) is 0 Å². The molecule has 1 aliphatic heterocycles. The monoisotopic (exact) mass is 312 g/mol. The molecule has 1 N–H and O–H groups in total. The maximum atomic E-state index is 12.4. The first-order valence-corrected chi connectivity index (χ1v) is 8.16. The van der Waals surface area contributed by atoms with Crippen molar-refractivity contribution in [2.24, 2.45) is 0 Å². The van der Waals surface area contributed by atoms with E-state index in [4.69, 9.17) is 4.74 Å². The van der Waals surface area contributed by atoms with E-state index >= 15 is 0 Å². The first-order valence-electron chi connectivity index (χ1n) is 6.67. The van der Waals surface area contributed by atoms with Gasteiger partial charge in [-0.2, -0.15) is 0 Å². The van der Waals surface area contributed by atoms with Crippen LogP contribution in [0.25, 0.3) is 0 Å². The Balaban J connectivity index is 2.45. The Morgan fingerprint density at radius 2 is 1.95 bits per heavy atom. The number of rotatable bonds is 2. The molecule has 6 nitrogen and oxygen atoms in total. The predicted octanol–water partition coefficient (Wildman–Crippen LogP) is 1.51. The predicted molar refractivity (Wildman–Crippen MR) is 80.0 cm³/mol. The van der Waals surface area contributed by atoms with Crippen molar-refractivity contribution in [3.63, 3.8) is 0 Å². The van der Waals surface area contributed by atoms with Crippen LogP contribution in [0.5, 0.6) is 5.75 Å². The number of anilines is 1. The zero-order valence-corrected chi connectivity index (χ0v) is 13.5. The molecule has 7 heteroatoms. The fourth-order valence-corrected chi connectivity index (χ4v) is 3.50. The topological polar surface area (TPSA) is 75.7 Å². The molecule has 0 bridgehead atoms. The number of benzene rings is 1. The highest BCUT2D eigenvalue weighted by Gasteiger charge is 2.26. The van der Waals surface area contributed by atoms with E-state index in [1.165, 1.54) is 17.0 Å². The molecule has 0 saturated carbocycles. The van der Waals surface area contributed by atoms with Gasteiger partial charge in [-0.3, -0.25) is 4.79 Å². The number of carbonyl (C=O) groups excluding carboxylic acids is 1. The van der Waals surface area contributed by atoms with Crippen LogP contribution in [-0.4, -0.2) is 33.5 Å². The quantitative estimate of drug-likeness (QED) is 0.898. The summed E-state index contributed by atoms with van der Waals surface area (Å²) in [7, 11) is -2.03. The van der Waals surface area contributed by atoms with Crippen LogP contribution >= 0.6 is 0 Å². The number of sulfonamides is 1. The van der Waals surface area contributed by atoms with Crippen molar-refractivity contribution in [1.82, 2.24) is 4.72 Å². The van der Waals surface area contributed by atoms with Gasteiger partial charge in [0.15, 0.2) is 0 Å². The minimum atomic E-state index is -3.65. The van der Waals surface area contributed by atoms with Crippen molar-refractivity contribution in [1.29, 1.82) is 0 Å². The van der Waals surface area contributed by atoms with Crippen LogP contribution in [-0.2, 0) is 14.8 Å². The van der Waals surface area contributed by atoms with E-state index in [1.807, 2.05) is 0 Å². The maximum Gasteiger partial charge on any atom is 0.241 e. The Morgan fingerprint density at radius 1 is 1.29 bits per heavy atom. The number of carbonyl (C=O) groups is 1.